The highest BCUT2D eigenvalue weighted by Crippen LogP contribution is 2.37. The minimum atomic E-state index is -0.104. The molecular formula is C19H21FN2. The largest absolute Gasteiger partial charge is 0.366 e. The molecule has 0 amide bonds. The Labute approximate surface area is 131 Å². The first-order valence-electron chi connectivity index (χ1n) is 8.14. The van der Waals surface area contributed by atoms with Crippen LogP contribution in [0.5, 0.6) is 0 Å². The Bertz CT molecular complexity index is 683. The number of nitrogens with one attached hydrogen (secondary N) is 1. The topological polar surface area (TPSA) is 15.3 Å². The van der Waals surface area contributed by atoms with Crippen LogP contribution in [0.4, 0.5) is 10.1 Å². The van der Waals surface area contributed by atoms with Crippen molar-refractivity contribution >= 4 is 5.69 Å². The van der Waals surface area contributed by atoms with Crippen molar-refractivity contribution in [3.63, 3.8) is 0 Å². The number of hydrogen-bond donors (Lipinski definition) is 1. The van der Waals surface area contributed by atoms with Gasteiger partial charge in [0.2, 0.25) is 0 Å². The summed E-state index contributed by atoms with van der Waals surface area (Å²) in [6, 6.07) is 14.2. The Morgan fingerprint density at radius 1 is 1.05 bits per heavy atom. The van der Waals surface area contributed by atoms with Crippen molar-refractivity contribution in [1.82, 2.24) is 5.32 Å². The fraction of sp³-hybridized carbons (Fsp3) is 0.368. The summed E-state index contributed by atoms with van der Waals surface area (Å²) in [5, 5.41) is 3.48. The molecule has 2 aliphatic rings. The second kappa shape index (κ2) is 5.73. The van der Waals surface area contributed by atoms with Crippen LogP contribution in [0.25, 0.3) is 0 Å². The van der Waals surface area contributed by atoms with Crippen LogP contribution < -0.4 is 10.2 Å². The van der Waals surface area contributed by atoms with Crippen LogP contribution in [-0.2, 0) is 12.8 Å². The molecule has 4 rings (SSSR count). The van der Waals surface area contributed by atoms with E-state index in [9.17, 15) is 4.39 Å². The molecule has 22 heavy (non-hydrogen) atoms. The molecule has 114 valence electrons. The van der Waals surface area contributed by atoms with Crippen molar-refractivity contribution in [2.24, 2.45) is 0 Å². The van der Waals surface area contributed by atoms with Gasteiger partial charge in [-0.2, -0.15) is 0 Å². The van der Waals surface area contributed by atoms with E-state index < -0.39 is 0 Å². The van der Waals surface area contributed by atoms with Gasteiger partial charge >= 0.3 is 0 Å². The van der Waals surface area contributed by atoms with Crippen molar-refractivity contribution in [3.8, 4) is 0 Å². The lowest BCUT2D eigenvalue weighted by molar-refractivity contribution is 0.610. The number of hydrogen-bond acceptors (Lipinski definition) is 2. The summed E-state index contributed by atoms with van der Waals surface area (Å²) in [5.74, 6) is -0.104. The smallest absolute Gasteiger partial charge is 0.126 e. The lowest BCUT2D eigenvalue weighted by Gasteiger charge is -2.26. The average molecular weight is 296 g/mol. The zero-order valence-electron chi connectivity index (χ0n) is 12.7. The van der Waals surface area contributed by atoms with Gasteiger partial charge in [0.25, 0.3) is 0 Å². The quantitative estimate of drug-likeness (QED) is 0.916. The van der Waals surface area contributed by atoms with E-state index in [1.807, 2.05) is 12.1 Å². The molecule has 0 spiro atoms. The molecule has 1 fully saturated rings. The zero-order chi connectivity index (χ0) is 14.9. The summed E-state index contributed by atoms with van der Waals surface area (Å²) < 4.78 is 14.0. The van der Waals surface area contributed by atoms with Gasteiger partial charge in [-0.25, -0.2) is 4.39 Å². The van der Waals surface area contributed by atoms with Gasteiger partial charge in [-0.15, -0.1) is 0 Å². The predicted molar refractivity (Wildman–Crippen MR) is 88.0 cm³/mol. The predicted octanol–water partition coefficient (Wildman–Crippen LogP) is 3.14. The van der Waals surface area contributed by atoms with Crippen LogP contribution in [0.15, 0.2) is 42.5 Å². The number of halogens is 1. The Balaban J connectivity index is 1.71. The lowest BCUT2D eigenvalue weighted by atomic mass is 9.99. The second-order valence-electron chi connectivity index (χ2n) is 6.28. The third-order valence-electron chi connectivity index (χ3n) is 4.91. The Morgan fingerprint density at radius 3 is 2.82 bits per heavy atom. The fourth-order valence-electron chi connectivity index (χ4n) is 3.86. The maximum atomic E-state index is 14.0. The van der Waals surface area contributed by atoms with Crippen molar-refractivity contribution in [2.75, 3.05) is 24.5 Å². The molecule has 0 aliphatic carbocycles. The van der Waals surface area contributed by atoms with E-state index in [2.05, 4.69) is 28.4 Å². The maximum absolute atomic E-state index is 14.0. The molecule has 0 saturated carbocycles. The van der Waals surface area contributed by atoms with Crippen LogP contribution in [0.2, 0.25) is 0 Å². The van der Waals surface area contributed by atoms with E-state index in [1.54, 1.807) is 12.1 Å². The number of nitrogens with zero attached hydrogens (tertiary/aromatic N) is 1. The zero-order valence-corrected chi connectivity index (χ0v) is 12.7. The monoisotopic (exact) mass is 296 g/mol. The summed E-state index contributed by atoms with van der Waals surface area (Å²) in [6.07, 6.45) is 2.99. The van der Waals surface area contributed by atoms with Crippen LogP contribution >= 0.6 is 0 Å². The molecule has 1 saturated heterocycles. The molecule has 1 unspecified atom stereocenters. The van der Waals surface area contributed by atoms with E-state index in [1.165, 1.54) is 23.2 Å². The molecule has 2 aromatic rings. The highest BCUT2D eigenvalue weighted by atomic mass is 19.1. The Morgan fingerprint density at radius 2 is 1.91 bits per heavy atom. The van der Waals surface area contributed by atoms with Gasteiger partial charge < -0.3 is 10.2 Å². The molecule has 1 atom stereocenters. The first-order valence-corrected chi connectivity index (χ1v) is 8.14. The number of rotatable bonds is 2. The number of anilines is 1. The van der Waals surface area contributed by atoms with Gasteiger partial charge in [-0.1, -0.05) is 36.4 Å². The van der Waals surface area contributed by atoms with Crippen molar-refractivity contribution in [1.29, 1.82) is 0 Å². The minimum absolute atomic E-state index is 0.104. The molecule has 1 N–H and O–H groups in total. The van der Waals surface area contributed by atoms with E-state index in [0.717, 1.165) is 31.6 Å². The molecule has 0 aromatic heterocycles. The van der Waals surface area contributed by atoms with Crippen molar-refractivity contribution in [3.05, 3.63) is 65.0 Å². The number of benzene rings is 2. The molecule has 2 nitrogen and oxygen atoms in total. The third-order valence-corrected chi connectivity index (χ3v) is 4.91. The Hall–Kier alpha value is -1.87. The van der Waals surface area contributed by atoms with Crippen molar-refractivity contribution in [2.45, 2.75) is 25.3 Å². The molecule has 2 aliphatic heterocycles. The highest BCUT2D eigenvalue weighted by Gasteiger charge is 2.31. The van der Waals surface area contributed by atoms with Gasteiger partial charge in [0, 0.05) is 31.2 Å². The molecule has 0 bridgehead atoms. The maximum Gasteiger partial charge on any atom is 0.126 e. The Kier molecular flexibility index (Phi) is 3.59. The van der Waals surface area contributed by atoms with Crippen LogP contribution in [-0.4, -0.2) is 25.7 Å². The fourth-order valence-corrected chi connectivity index (χ4v) is 3.86. The normalized spacial score (nSPS) is 20.4. The minimum Gasteiger partial charge on any atom is -0.366 e. The van der Waals surface area contributed by atoms with Crippen LogP contribution in [0.1, 0.15) is 23.1 Å². The molecule has 2 aromatic carbocycles. The number of para-hydroxylation sites is 1. The van der Waals surface area contributed by atoms with Gasteiger partial charge in [0.05, 0.1) is 0 Å². The molecule has 0 radical (unpaired) electrons. The molecular weight excluding hydrogens is 275 g/mol. The average Bonchev–Trinajstić information content (AvgIpc) is 2.73. The first-order chi connectivity index (χ1) is 10.8. The summed E-state index contributed by atoms with van der Waals surface area (Å²) in [4.78, 5) is 2.55. The van der Waals surface area contributed by atoms with Gasteiger partial charge in [0.15, 0.2) is 0 Å². The van der Waals surface area contributed by atoms with E-state index in [0.29, 0.717) is 12.5 Å². The van der Waals surface area contributed by atoms with Crippen LogP contribution in [0.3, 0.4) is 0 Å². The van der Waals surface area contributed by atoms with E-state index in [-0.39, 0.29) is 5.82 Å². The summed E-state index contributed by atoms with van der Waals surface area (Å²) in [5.41, 5.74) is 4.83. The second-order valence-corrected chi connectivity index (χ2v) is 6.28. The summed E-state index contributed by atoms with van der Waals surface area (Å²) in [6.45, 7) is 3.17. The SMILES string of the molecule is Fc1ccccc1Cc1cccc2c1N1CCNCCC1C2. The molecule has 2 heterocycles. The summed E-state index contributed by atoms with van der Waals surface area (Å²) >= 11 is 0. The number of fused-ring (bicyclic) bond motifs is 3. The summed E-state index contributed by atoms with van der Waals surface area (Å²) in [7, 11) is 0. The van der Waals surface area contributed by atoms with Gasteiger partial charge in [-0.05, 0) is 42.1 Å². The van der Waals surface area contributed by atoms with Crippen molar-refractivity contribution < 1.29 is 4.39 Å². The standard InChI is InChI=1S/C19H21FN2/c20-18-7-2-1-4-14(18)12-15-5-3-6-16-13-17-8-9-21-10-11-22(17)19(15)16/h1-7,17,21H,8-13H2. The van der Waals surface area contributed by atoms with Crippen LogP contribution in [0, 0.1) is 5.82 Å². The van der Waals surface area contributed by atoms with E-state index >= 15 is 0 Å². The highest BCUT2D eigenvalue weighted by molar-refractivity contribution is 5.65. The lowest BCUT2D eigenvalue weighted by Crippen LogP contribution is -2.33. The van der Waals surface area contributed by atoms with Gasteiger partial charge in [-0.3, -0.25) is 0 Å². The first kappa shape index (κ1) is 13.8. The van der Waals surface area contributed by atoms with E-state index in [4.69, 9.17) is 0 Å². The molecule has 3 heteroatoms. The third kappa shape index (κ3) is 2.40. The van der Waals surface area contributed by atoms with Gasteiger partial charge in [0.1, 0.15) is 5.82 Å².